The molecule has 0 saturated heterocycles. The Kier molecular flexibility index (Phi) is 4.04. The Hall–Kier alpha value is -1.83. The Bertz CT molecular complexity index is 504. The highest BCUT2D eigenvalue weighted by Gasteiger charge is 2.58. The molecule has 104 valence electrons. The molecular weight excluding hydrogens is 289 g/mol. The summed E-state index contributed by atoms with van der Waals surface area (Å²) in [5.41, 5.74) is -3.62. The number of carbonyl (C=O) groups is 2. The first-order chi connectivity index (χ1) is 8.58. The Morgan fingerprint density at radius 3 is 2.32 bits per heavy atom. The van der Waals surface area contributed by atoms with E-state index in [-0.39, 0.29) is 10.7 Å². The lowest BCUT2D eigenvalue weighted by atomic mass is 10.0. The molecule has 0 aromatic carbocycles. The van der Waals surface area contributed by atoms with Crippen LogP contribution in [0.2, 0.25) is 5.15 Å². The van der Waals surface area contributed by atoms with Gasteiger partial charge in [-0.3, -0.25) is 4.79 Å². The normalized spacial score (nSPS) is 14.6. The number of carboxylic acids is 1. The molecular formula is C10H8ClF3N2O3. The molecule has 19 heavy (non-hydrogen) atoms. The summed E-state index contributed by atoms with van der Waals surface area (Å²) < 4.78 is 38.0. The number of aliphatic carboxylic acids is 1. The number of alkyl halides is 3. The number of halogens is 4. The number of aromatic nitrogens is 1. The van der Waals surface area contributed by atoms with Crippen molar-refractivity contribution in [3.05, 3.63) is 29.0 Å². The largest absolute Gasteiger partial charge is 0.479 e. The minimum absolute atomic E-state index is 0.0494. The number of hydrogen-bond donors (Lipinski definition) is 2. The number of carboxylic acid groups (broad SMARTS) is 1. The van der Waals surface area contributed by atoms with Gasteiger partial charge in [0.2, 0.25) is 5.54 Å². The third kappa shape index (κ3) is 3.14. The molecule has 1 heterocycles. The molecule has 0 fully saturated rings. The van der Waals surface area contributed by atoms with Gasteiger partial charge in [0, 0.05) is 6.20 Å². The number of nitrogens with one attached hydrogen (secondary N) is 1. The summed E-state index contributed by atoms with van der Waals surface area (Å²) in [7, 11) is 0. The molecule has 0 bridgehead atoms. The first kappa shape index (κ1) is 15.2. The maximum Gasteiger partial charge on any atom is 0.422 e. The van der Waals surface area contributed by atoms with Crippen LogP contribution in [0.25, 0.3) is 0 Å². The van der Waals surface area contributed by atoms with Crippen LogP contribution in [-0.2, 0) is 4.79 Å². The van der Waals surface area contributed by atoms with Gasteiger partial charge >= 0.3 is 12.1 Å². The summed E-state index contributed by atoms with van der Waals surface area (Å²) in [6.07, 6.45) is -4.20. The molecule has 0 spiro atoms. The molecule has 1 unspecified atom stereocenters. The van der Waals surface area contributed by atoms with Crippen LogP contribution >= 0.6 is 11.6 Å². The molecule has 0 aliphatic heterocycles. The van der Waals surface area contributed by atoms with E-state index in [1.165, 1.54) is 11.4 Å². The van der Waals surface area contributed by atoms with E-state index in [0.29, 0.717) is 6.92 Å². The van der Waals surface area contributed by atoms with Gasteiger partial charge < -0.3 is 10.4 Å². The maximum absolute atomic E-state index is 12.7. The highest BCUT2D eigenvalue weighted by Crippen LogP contribution is 2.30. The summed E-state index contributed by atoms with van der Waals surface area (Å²) in [6, 6.07) is 2.32. The molecule has 1 atom stereocenters. The van der Waals surface area contributed by atoms with Crippen molar-refractivity contribution in [2.45, 2.75) is 18.6 Å². The third-order valence-electron chi connectivity index (χ3n) is 2.35. The third-order valence-corrected chi connectivity index (χ3v) is 2.57. The van der Waals surface area contributed by atoms with E-state index < -0.39 is 23.6 Å². The highest BCUT2D eigenvalue weighted by molar-refractivity contribution is 6.29. The van der Waals surface area contributed by atoms with Gasteiger partial charge in [0.05, 0.1) is 5.56 Å². The number of nitrogens with zero attached hydrogens (tertiary/aromatic N) is 1. The fourth-order valence-corrected chi connectivity index (χ4v) is 1.17. The molecule has 1 aromatic heterocycles. The standard InChI is InChI=1S/C10H8ClF3N2O3/c1-9(8(18)19,10(12,13)14)16-7(17)5-2-3-6(11)15-4-5/h2-4H,1H3,(H,16,17)(H,18,19). The molecule has 2 N–H and O–H groups in total. The minimum atomic E-state index is -5.14. The number of amides is 1. The SMILES string of the molecule is CC(NC(=O)c1ccc(Cl)nc1)(C(=O)O)C(F)(F)F. The molecule has 0 aliphatic carbocycles. The summed E-state index contributed by atoms with van der Waals surface area (Å²) in [6.45, 7) is 0.358. The molecule has 1 rings (SSSR count). The fourth-order valence-electron chi connectivity index (χ4n) is 1.05. The van der Waals surface area contributed by atoms with Crippen LogP contribution in [0.15, 0.2) is 18.3 Å². The predicted octanol–water partition coefficient (Wildman–Crippen LogP) is 1.87. The van der Waals surface area contributed by atoms with E-state index in [4.69, 9.17) is 16.7 Å². The average molecular weight is 297 g/mol. The van der Waals surface area contributed by atoms with Crippen molar-refractivity contribution in [2.24, 2.45) is 0 Å². The average Bonchev–Trinajstić information content (AvgIpc) is 2.27. The zero-order chi connectivity index (χ0) is 14.8. The van der Waals surface area contributed by atoms with Crippen molar-refractivity contribution < 1.29 is 27.9 Å². The predicted molar refractivity (Wildman–Crippen MR) is 58.8 cm³/mol. The molecule has 5 nitrogen and oxygen atoms in total. The van der Waals surface area contributed by atoms with Gasteiger partial charge in [-0.05, 0) is 19.1 Å². The van der Waals surface area contributed by atoms with Gasteiger partial charge in [-0.15, -0.1) is 0 Å². The van der Waals surface area contributed by atoms with Gasteiger partial charge in [0.15, 0.2) is 0 Å². The summed E-state index contributed by atoms with van der Waals surface area (Å²) in [5.74, 6) is -3.43. The van der Waals surface area contributed by atoms with E-state index >= 15 is 0 Å². The topological polar surface area (TPSA) is 79.3 Å². The van der Waals surface area contributed by atoms with Crippen LogP contribution in [0.1, 0.15) is 17.3 Å². The summed E-state index contributed by atoms with van der Waals surface area (Å²) in [5, 5.41) is 10.1. The van der Waals surface area contributed by atoms with Gasteiger partial charge in [-0.1, -0.05) is 11.6 Å². The Morgan fingerprint density at radius 2 is 1.95 bits per heavy atom. The van der Waals surface area contributed by atoms with Crippen molar-refractivity contribution in [1.29, 1.82) is 0 Å². The molecule has 9 heteroatoms. The Balaban J connectivity index is 3.02. The van der Waals surface area contributed by atoms with Crippen molar-refractivity contribution >= 4 is 23.5 Å². The lowest BCUT2D eigenvalue weighted by Crippen LogP contribution is -2.61. The van der Waals surface area contributed by atoms with Crippen LogP contribution < -0.4 is 5.32 Å². The smallest absolute Gasteiger partial charge is 0.422 e. The first-order valence-corrected chi connectivity index (χ1v) is 5.20. The minimum Gasteiger partial charge on any atom is -0.479 e. The van der Waals surface area contributed by atoms with Crippen LogP contribution in [0.3, 0.4) is 0 Å². The van der Waals surface area contributed by atoms with Crippen LogP contribution in [0, 0.1) is 0 Å². The molecule has 0 aliphatic rings. The molecule has 0 saturated carbocycles. The number of pyridine rings is 1. The second kappa shape index (κ2) is 5.04. The Morgan fingerprint density at radius 1 is 1.37 bits per heavy atom. The fraction of sp³-hybridized carbons (Fsp3) is 0.300. The van der Waals surface area contributed by atoms with Gasteiger partial charge in [-0.2, -0.15) is 13.2 Å². The van der Waals surface area contributed by atoms with E-state index in [0.717, 1.165) is 12.3 Å². The van der Waals surface area contributed by atoms with Gasteiger partial charge in [0.25, 0.3) is 5.91 Å². The maximum atomic E-state index is 12.7. The Labute approximate surface area is 110 Å². The second-order valence-electron chi connectivity index (χ2n) is 3.75. The van der Waals surface area contributed by atoms with E-state index in [9.17, 15) is 22.8 Å². The summed E-state index contributed by atoms with van der Waals surface area (Å²) in [4.78, 5) is 25.8. The lowest BCUT2D eigenvalue weighted by molar-refractivity contribution is -0.203. The highest BCUT2D eigenvalue weighted by atomic mass is 35.5. The van der Waals surface area contributed by atoms with Crippen molar-refractivity contribution in [3.63, 3.8) is 0 Å². The first-order valence-electron chi connectivity index (χ1n) is 4.82. The zero-order valence-electron chi connectivity index (χ0n) is 9.45. The summed E-state index contributed by atoms with van der Waals surface area (Å²) >= 11 is 5.46. The second-order valence-corrected chi connectivity index (χ2v) is 4.14. The molecule has 0 radical (unpaired) electrons. The van der Waals surface area contributed by atoms with E-state index in [1.807, 2.05) is 0 Å². The molecule has 1 aromatic rings. The number of carbonyl (C=O) groups excluding carboxylic acids is 1. The van der Waals surface area contributed by atoms with Crippen molar-refractivity contribution in [3.8, 4) is 0 Å². The van der Waals surface area contributed by atoms with Crippen LogP contribution in [-0.4, -0.2) is 33.7 Å². The van der Waals surface area contributed by atoms with Gasteiger partial charge in [-0.25, -0.2) is 9.78 Å². The molecule has 1 amide bonds. The number of rotatable bonds is 3. The van der Waals surface area contributed by atoms with Crippen LogP contribution in [0.4, 0.5) is 13.2 Å². The van der Waals surface area contributed by atoms with Crippen molar-refractivity contribution in [1.82, 2.24) is 10.3 Å². The quantitative estimate of drug-likeness (QED) is 0.835. The number of hydrogen-bond acceptors (Lipinski definition) is 3. The van der Waals surface area contributed by atoms with E-state index in [1.54, 1.807) is 0 Å². The monoisotopic (exact) mass is 296 g/mol. The van der Waals surface area contributed by atoms with Crippen LogP contribution in [0.5, 0.6) is 0 Å². The zero-order valence-corrected chi connectivity index (χ0v) is 10.2. The van der Waals surface area contributed by atoms with E-state index in [2.05, 4.69) is 4.98 Å². The van der Waals surface area contributed by atoms with Crippen molar-refractivity contribution in [2.75, 3.05) is 0 Å². The van der Waals surface area contributed by atoms with Gasteiger partial charge in [0.1, 0.15) is 5.15 Å². The lowest BCUT2D eigenvalue weighted by Gasteiger charge is -2.28.